The number of aromatic nitrogens is 2. The largest absolute Gasteiger partial charge is 0.348 e. The highest BCUT2D eigenvalue weighted by atomic mass is 127. The minimum atomic E-state index is -0.359. The number of alkyl halides is 1. The van der Waals surface area contributed by atoms with Crippen molar-refractivity contribution >= 4 is 34.6 Å². The van der Waals surface area contributed by atoms with Crippen LogP contribution in [0.3, 0.4) is 0 Å². The van der Waals surface area contributed by atoms with Gasteiger partial charge in [0.2, 0.25) is 0 Å². The number of imidazole rings is 1. The monoisotopic (exact) mass is 371 g/mol. The number of allylic oxidation sites excluding steroid dienone is 4. The van der Waals surface area contributed by atoms with Gasteiger partial charge < -0.3 is 10.3 Å². The zero-order valence-electron chi connectivity index (χ0n) is 10.1. The second-order valence-corrected chi connectivity index (χ2v) is 5.86. The molecule has 0 bridgehead atoms. The number of carbonyl (C=O) groups is 1. The number of fused-ring (bicyclic) bond motifs is 1. The molecule has 1 aliphatic heterocycles. The van der Waals surface area contributed by atoms with Crippen molar-refractivity contribution in [1.29, 1.82) is 0 Å². The highest BCUT2D eigenvalue weighted by molar-refractivity contribution is 14.1. The Morgan fingerprint density at radius 3 is 2.95 bits per heavy atom. The smallest absolute Gasteiger partial charge is 0.252 e. The van der Waals surface area contributed by atoms with E-state index in [1.807, 2.05) is 29.5 Å². The molecule has 1 aliphatic carbocycles. The van der Waals surface area contributed by atoms with Crippen molar-refractivity contribution in [1.82, 2.24) is 15.3 Å². The van der Waals surface area contributed by atoms with Crippen LogP contribution in [0.2, 0.25) is 0 Å². The molecule has 1 saturated heterocycles. The average Bonchev–Trinajstić information content (AvgIpc) is 2.91. The topological polar surface area (TPSA) is 57.8 Å². The van der Waals surface area contributed by atoms with Crippen LogP contribution in [-0.4, -0.2) is 19.8 Å². The predicted molar refractivity (Wildman–Crippen MR) is 78.0 cm³/mol. The molecule has 1 aromatic rings. The summed E-state index contributed by atoms with van der Waals surface area (Å²) in [5, 5.41) is 2.79. The number of aryl methyl sites for hydroxylation is 1. The SMILES string of the molecule is Cc1[nH]cnc1C=C1C(=O)NC2=CC=C(F)C(I)C21. The summed E-state index contributed by atoms with van der Waals surface area (Å²) in [6, 6.07) is 0. The lowest BCUT2D eigenvalue weighted by Crippen LogP contribution is -2.20. The van der Waals surface area contributed by atoms with Crippen molar-refractivity contribution in [3.05, 3.63) is 47.0 Å². The van der Waals surface area contributed by atoms with Crippen molar-refractivity contribution in [3.8, 4) is 0 Å². The van der Waals surface area contributed by atoms with Gasteiger partial charge in [-0.05, 0) is 25.2 Å². The standard InChI is InChI=1S/C13H11FIN3O/c1-6-10(17-5-16-6)4-7-11-9(18-13(7)19)3-2-8(14)12(11)15/h2-5,11-12H,1H3,(H,16,17)(H,18,19). The van der Waals surface area contributed by atoms with Crippen LogP contribution in [0, 0.1) is 12.8 Å². The molecule has 98 valence electrons. The molecule has 1 aromatic heterocycles. The van der Waals surface area contributed by atoms with Crippen LogP contribution < -0.4 is 5.32 Å². The normalized spacial score (nSPS) is 27.9. The molecule has 0 radical (unpaired) electrons. The van der Waals surface area contributed by atoms with E-state index in [4.69, 9.17) is 0 Å². The highest BCUT2D eigenvalue weighted by Gasteiger charge is 2.40. The van der Waals surface area contributed by atoms with Gasteiger partial charge in [0.15, 0.2) is 0 Å². The van der Waals surface area contributed by atoms with Crippen LogP contribution in [0.4, 0.5) is 4.39 Å². The van der Waals surface area contributed by atoms with Gasteiger partial charge in [-0.25, -0.2) is 9.37 Å². The summed E-state index contributed by atoms with van der Waals surface area (Å²) < 4.78 is 13.3. The molecule has 19 heavy (non-hydrogen) atoms. The van der Waals surface area contributed by atoms with Gasteiger partial charge >= 0.3 is 0 Å². The maximum Gasteiger partial charge on any atom is 0.252 e. The second kappa shape index (κ2) is 4.59. The molecule has 0 spiro atoms. The van der Waals surface area contributed by atoms with E-state index in [-0.39, 0.29) is 21.6 Å². The van der Waals surface area contributed by atoms with Gasteiger partial charge in [-0.15, -0.1) is 0 Å². The van der Waals surface area contributed by atoms with E-state index in [1.54, 1.807) is 18.5 Å². The van der Waals surface area contributed by atoms with E-state index in [1.165, 1.54) is 6.08 Å². The molecule has 1 amide bonds. The Labute approximate surface area is 123 Å². The van der Waals surface area contributed by atoms with Gasteiger partial charge in [-0.1, -0.05) is 22.6 Å². The molecule has 3 rings (SSSR count). The van der Waals surface area contributed by atoms with E-state index in [0.29, 0.717) is 11.3 Å². The van der Waals surface area contributed by atoms with E-state index in [0.717, 1.165) is 11.4 Å². The third kappa shape index (κ3) is 2.03. The third-order valence-corrected chi connectivity index (χ3v) is 4.64. The first-order chi connectivity index (χ1) is 9.08. The fourth-order valence-corrected chi connectivity index (χ4v) is 3.27. The number of nitrogens with zero attached hydrogens (tertiary/aromatic N) is 1. The molecule has 0 saturated carbocycles. The Bertz CT molecular complexity index is 644. The molecule has 2 N–H and O–H groups in total. The first-order valence-corrected chi connectivity index (χ1v) is 7.06. The Balaban J connectivity index is 2.05. The maximum absolute atomic E-state index is 13.7. The summed E-state index contributed by atoms with van der Waals surface area (Å²) in [7, 11) is 0. The summed E-state index contributed by atoms with van der Waals surface area (Å²) >= 11 is 2.03. The number of rotatable bonds is 1. The number of amides is 1. The van der Waals surface area contributed by atoms with Crippen LogP contribution in [0.15, 0.2) is 35.6 Å². The predicted octanol–water partition coefficient (Wildman–Crippen LogP) is 2.40. The van der Waals surface area contributed by atoms with Crippen LogP contribution in [0.5, 0.6) is 0 Å². The zero-order valence-corrected chi connectivity index (χ0v) is 12.2. The minimum absolute atomic E-state index is 0.177. The summed E-state index contributed by atoms with van der Waals surface area (Å²) in [6.45, 7) is 1.88. The maximum atomic E-state index is 13.7. The number of aromatic amines is 1. The van der Waals surface area contributed by atoms with Crippen LogP contribution in [0.25, 0.3) is 6.08 Å². The second-order valence-electron chi connectivity index (χ2n) is 4.52. The van der Waals surface area contributed by atoms with Gasteiger partial charge in [0, 0.05) is 22.9 Å². The molecular weight excluding hydrogens is 360 g/mol. The van der Waals surface area contributed by atoms with Gasteiger partial charge in [0.1, 0.15) is 5.83 Å². The van der Waals surface area contributed by atoms with Crippen molar-refractivity contribution < 1.29 is 9.18 Å². The molecule has 2 unspecified atom stereocenters. The quantitative estimate of drug-likeness (QED) is 0.453. The van der Waals surface area contributed by atoms with Gasteiger partial charge in [-0.2, -0.15) is 0 Å². The van der Waals surface area contributed by atoms with E-state index < -0.39 is 0 Å². The zero-order chi connectivity index (χ0) is 13.6. The van der Waals surface area contributed by atoms with Gasteiger partial charge in [0.25, 0.3) is 5.91 Å². The van der Waals surface area contributed by atoms with E-state index >= 15 is 0 Å². The summed E-state index contributed by atoms with van der Waals surface area (Å²) in [5.74, 6) is -0.645. The molecule has 4 nitrogen and oxygen atoms in total. The summed E-state index contributed by atoms with van der Waals surface area (Å²) in [4.78, 5) is 19.1. The lowest BCUT2D eigenvalue weighted by Gasteiger charge is -2.20. The first-order valence-electron chi connectivity index (χ1n) is 5.82. The molecule has 2 aliphatic rings. The van der Waals surface area contributed by atoms with E-state index in [2.05, 4.69) is 15.3 Å². The van der Waals surface area contributed by atoms with Gasteiger partial charge in [-0.3, -0.25) is 4.79 Å². The number of H-pyrrole nitrogens is 1. The van der Waals surface area contributed by atoms with Crippen molar-refractivity contribution in [3.63, 3.8) is 0 Å². The molecule has 2 heterocycles. The summed E-state index contributed by atoms with van der Waals surface area (Å²) in [6.07, 6.45) is 6.35. The van der Waals surface area contributed by atoms with Gasteiger partial charge in [0.05, 0.1) is 15.9 Å². The molecule has 6 heteroatoms. The minimum Gasteiger partial charge on any atom is -0.348 e. The molecule has 0 aromatic carbocycles. The van der Waals surface area contributed by atoms with Crippen LogP contribution in [0.1, 0.15) is 11.4 Å². The summed E-state index contributed by atoms with van der Waals surface area (Å²) in [5.41, 5.74) is 2.91. The molecular formula is C13H11FIN3O. The number of nitrogens with one attached hydrogen (secondary N) is 2. The fourth-order valence-electron chi connectivity index (χ4n) is 2.29. The Morgan fingerprint density at radius 1 is 1.47 bits per heavy atom. The average molecular weight is 371 g/mol. The Kier molecular flexibility index (Phi) is 3.04. The van der Waals surface area contributed by atoms with Crippen LogP contribution in [-0.2, 0) is 4.79 Å². The van der Waals surface area contributed by atoms with Crippen molar-refractivity contribution in [2.75, 3.05) is 0 Å². The Morgan fingerprint density at radius 2 is 2.26 bits per heavy atom. The Hall–Kier alpha value is -1.44. The van der Waals surface area contributed by atoms with Crippen LogP contribution >= 0.6 is 22.6 Å². The highest BCUT2D eigenvalue weighted by Crippen LogP contribution is 2.40. The number of hydrogen-bond donors (Lipinski definition) is 2. The number of hydrogen-bond acceptors (Lipinski definition) is 2. The lowest BCUT2D eigenvalue weighted by molar-refractivity contribution is -0.115. The first kappa shape index (κ1) is 12.6. The number of carbonyl (C=O) groups excluding carboxylic acids is 1. The van der Waals surface area contributed by atoms with Crippen molar-refractivity contribution in [2.45, 2.75) is 10.8 Å². The molecule has 2 atom stereocenters. The van der Waals surface area contributed by atoms with E-state index in [9.17, 15) is 9.18 Å². The number of halogens is 2. The lowest BCUT2D eigenvalue weighted by atomic mass is 9.91. The molecule has 1 fully saturated rings. The third-order valence-electron chi connectivity index (χ3n) is 3.33. The fraction of sp³-hybridized carbons (Fsp3) is 0.231. The van der Waals surface area contributed by atoms with Crippen molar-refractivity contribution in [2.24, 2.45) is 5.92 Å².